The Bertz CT molecular complexity index is 486. The standard InChI is InChI=1S/C12H11ClFNOS/c1-8(12-15-10(6-13)7-17-12)16-11-4-2-9(14)3-5-11/h2-5,7-8H,6H2,1H3. The SMILES string of the molecule is CC(Oc1ccc(F)cc1)c1nc(CCl)cs1. The van der Waals surface area contributed by atoms with E-state index in [1.807, 2.05) is 12.3 Å². The van der Waals surface area contributed by atoms with Crippen molar-refractivity contribution in [1.29, 1.82) is 0 Å². The Morgan fingerprint density at radius 3 is 2.71 bits per heavy atom. The van der Waals surface area contributed by atoms with Gasteiger partial charge in [0.15, 0.2) is 0 Å². The minimum atomic E-state index is -0.274. The molecule has 0 amide bonds. The van der Waals surface area contributed by atoms with Crippen LogP contribution in [0.1, 0.15) is 23.7 Å². The average molecular weight is 272 g/mol. The summed E-state index contributed by atoms with van der Waals surface area (Å²) in [7, 11) is 0. The Morgan fingerprint density at radius 2 is 2.12 bits per heavy atom. The summed E-state index contributed by atoms with van der Waals surface area (Å²) in [5.41, 5.74) is 0.848. The summed E-state index contributed by atoms with van der Waals surface area (Å²) in [5, 5.41) is 2.78. The molecule has 0 aliphatic carbocycles. The zero-order chi connectivity index (χ0) is 12.3. The molecular weight excluding hydrogens is 261 g/mol. The summed E-state index contributed by atoms with van der Waals surface area (Å²) in [6, 6.07) is 5.94. The summed E-state index contributed by atoms with van der Waals surface area (Å²) in [4.78, 5) is 4.33. The highest BCUT2D eigenvalue weighted by Gasteiger charge is 2.11. The summed E-state index contributed by atoms with van der Waals surface area (Å²) >= 11 is 7.19. The quantitative estimate of drug-likeness (QED) is 0.779. The zero-order valence-electron chi connectivity index (χ0n) is 9.19. The van der Waals surface area contributed by atoms with Gasteiger partial charge in [0.05, 0.1) is 11.6 Å². The monoisotopic (exact) mass is 271 g/mol. The van der Waals surface area contributed by atoms with Gasteiger partial charge in [0.1, 0.15) is 22.7 Å². The van der Waals surface area contributed by atoms with Crippen LogP contribution in [0.15, 0.2) is 29.6 Å². The molecule has 0 bridgehead atoms. The molecular formula is C12H11ClFNOS. The molecule has 1 aromatic carbocycles. The number of nitrogens with zero attached hydrogens (tertiary/aromatic N) is 1. The second-order valence-electron chi connectivity index (χ2n) is 3.52. The molecule has 1 aromatic heterocycles. The minimum absolute atomic E-state index is 0.164. The van der Waals surface area contributed by atoms with E-state index in [1.54, 1.807) is 12.1 Å². The van der Waals surface area contributed by atoms with Crippen LogP contribution in [0.4, 0.5) is 4.39 Å². The third kappa shape index (κ3) is 3.17. The molecule has 0 N–H and O–H groups in total. The van der Waals surface area contributed by atoms with Crippen molar-refractivity contribution in [2.45, 2.75) is 18.9 Å². The number of halogens is 2. The smallest absolute Gasteiger partial charge is 0.147 e. The molecule has 0 saturated heterocycles. The van der Waals surface area contributed by atoms with Gasteiger partial charge in [0.25, 0.3) is 0 Å². The normalized spacial score (nSPS) is 12.4. The van der Waals surface area contributed by atoms with Crippen LogP contribution < -0.4 is 4.74 Å². The topological polar surface area (TPSA) is 22.1 Å². The molecule has 0 radical (unpaired) electrons. The van der Waals surface area contributed by atoms with Gasteiger partial charge in [-0.3, -0.25) is 0 Å². The zero-order valence-corrected chi connectivity index (χ0v) is 10.8. The molecule has 5 heteroatoms. The fourth-order valence-corrected chi connectivity index (χ4v) is 2.37. The van der Waals surface area contributed by atoms with E-state index in [0.717, 1.165) is 10.7 Å². The van der Waals surface area contributed by atoms with E-state index in [4.69, 9.17) is 16.3 Å². The third-order valence-corrected chi connectivity index (χ3v) is 3.51. The van der Waals surface area contributed by atoms with Crippen LogP contribution in [-0.2, 0) is 5.88 Å². The molecule has 0 saturated carbocycles. The third-order valence-electron chi connectivity index (χ3n) is 2.18. The fourth-order valence-electron chi connectivity index (χ4n) is 1.34. The van der Waals surface area contributed by atoms with Crippen LogP contribution in [-0.4, -0.2) is 4.98 Å². The highest BCUT2D eigenvalue weighted by molar-refractivity contribution is 7.09. The predicted molar refractivity (Wildman–Crippen MR) is 67.1 cm³/mol. The number of rotatable bonds is 4. The molecule has 0 aliphatic rings. The number of aromatic nitrogens is 1. The van der Waals surface area contributed by atoms with Crippen molar-refractivity contribution in [3.63, 3.8) is 0 Å². The number of thiazole rings is 1. The van der Waals surface area contributed by atoms with E-state index in [9.17, 15) is 4.39 Å². The number of hydrogen-bond acceptors (Lipinski definition) is 3. The Balaban J connectivity index is 2.05. The van der Waals surface area contributed by atoms with Crippen LogP contribution in [0, 0.1) is 5.82 Å². The summed E-state index contributed by atoms with van der Waals surface area (Å²) < 4.78 is 18.4. The lowest BCUT2D eigenvalue weighted by Crippen LogP contribution is -2.02. The maximum absolute atomic E-state index is 12.7. The van der Waals surface area contributed by atoms with Crippen molar-refractivity contribution < 1.29 is 9.13 Å². The van der Waals surface area contributed by atoms with Crippen molar-refractivity contribution in [1.82, 2.24) is 4.98 Å². The molecule has 17 heavy (non-hydrogen) atoms. The van der Waals surface area contributed by atoms with E-state index in [0.29, 0.717) is 11.6 Å². The van der Waals surface area contributed by atoms with Gasteiger partial charge in [-0.25, -0.2) is 9.37 Å². The fraction of sp³-hybridized carbons (Fsp3) is 0.250. The van der Waals surface area contributed by atoms with Crippen molar-refractivity contribution in [3.8, 4) is 5.75 Å². The first-order chi connectivity index (χ1) is 8.19. The summed E-state index contributed by atoms with van der Waals surface area (Å²) in [5.74, 6) is 0.755. The van der Waals surface area contributed by atoms with E-state index < -0.39 is 0 Å². The molecule has 1 atom stereocenters. The van der Waals surface area contributed by atoms with Crippen molar-refractivity contribution >= 4 is 22.9 Å². The van der Waals surface area contributed by atoms with Crippen molar-refractivity contribution in [2.75, 3.05) is 0 Å². The first-order valence-corrected chi connectivity index (χ1v) is 6.53. The second kappa shape index (κ2) is 5.47. The largest absolute Gasteiger partial charge is 0.484 e. The Kier molecular flexibility index (Phi) is 3.97. The van der Waals surface area contributed by atoms with Crippen LogP contribution in [0.3, 0.4) is 0 Å². The van der Waals surface area contributed by atoms with E-state index in [2.05, 4.69) is 4.98 Å². The molecule has 2 aromatic rings. The molecule has 90 valence electrons. The molecule has 2 nitrogen and oxygen atoms in total. The molecule has 0 spiro atoms. The number of hydrogen-bond donors (Lipinski definition) is 0. The maximum atomic E-state index is 12.7. The average Bonchev–Trinajstić information content (AvgIpc) is 2.81. The van der Waals surface area contributed by atoms with Crippen molar-refractivity contribution in [3.05, 3.63) is 46.2 Å². The summed E-state index contributed by atoms with van der Waals surface area (Å²) in [6.45, 7) is 1.90. The highest BCUT2D eigenvalue weighted by atomic mass is 35.5. The second-order valence-corrected chi connectivity index (χ2v) is 4.68. The lowest BCUT2D eigenvalue weighted by Gasteiger charge is -2.11. The van der Waals surface area contributed by atoms with E-state index >= 15 is 0 Å². The molecule has 0 fully saturated rings. The van der Waals surface area contributed by atoms with Gasteiger partial charge >= 0.3 is 0 Å². The molecule has 0 aliphatic heterocycles. The first kappa shape index (κ1) is 12.3. The molecule has 1 unspecified atom stereocenters. The lowest BCUT2D eigenvalue weighted by atomic mass is 10.3. The van der Waals surface area contributed by atoms with Gasteiger partial charge in [-0.05, 0) is 31.2 Å². The van der Waals surface area contributed by atoms with E-state index in [1.165, 1.54) is 23.5 Å². The van der Waals surface area contributed by atoms with Gasteiger partial charge in [-0.1, -0.05) is 0 Å². The van der Waals surface area contributed by atoms with Crippen LogP contribution in [0.5, 0.6) is 5.75 Å². The van der Waals surface area contributed by atoms with Crippen molar-refractivity contribution in [2.24, 2.45) is 0 Å². The number of ether oxygens (including phenoxy) is 1. The van der Waals surface area contributed by atoms with Gasteiger partial charge in [0, 0.05) is 5.38 Å². The molecule has 2 rings (SSSR count). The van der Waals surface area contributed by atoms with Crippen LogP contribution in [0.25, 0.3) is 0 Å². The Morgan fingerprint density at radius 1 is 1.41 bits per heavy atom. The number of alkyl halides is 1. The van der Waals surface area contributed by atoms with E-state index in [-0.39, 0.29) is 11.9 Å². The predicted octanol–water partition coefficient (Wildman–Crippen LogP) is 4.16. The minimum Gasteiger partial charge on any atom is -0.484 e. The molecule has 1 heterocycles. The van der Waals surface area contributed by atoms with Crippen LogP contribution in [0.2, 0.25) is 0 Å². The maximum Gasteiger partial charge on any atom is 0.147 e. The Hall–Kier alpha value is -1.13. The summed E-state index contributed by atoms with van der Waals surface area (Å²) in [6.07, 6.45) is -0.164. The lowest BCUT2D eigenvalue weighted by molar-refractivity contribution is 0.226. The van der Waals surface area contributed by atoms with Gasteiger partial charge in [-0.15, -0.1) is 22.9 Å². The Labute approximate surface area is 108 Å². The van der Waals surface area contributed by atoms with Crippen LogP contribution >= 0.6 is 22.9 Å². The highest BCUT2D eigenvalue weighted by Crippen LogP contribution is 2.24. The van der Waals surface area contributed by atoms with Gasteiger partial charge in [-0.2, -0.15) is 0 Å². The number of benzene rings is 1. The van der Waals surface area contributed by atoms with Gasteiger partial charge < -0.3 is 4.74 Å². The first-order valence-electron chi connectivity index (χ1n) is 5.11. The van der Waals surface area contributed by atoms with Gasteiger partial charge in [0.2, 0.25) is 0 Å².